The van der Waals surface area contributed by atoms with Gasteiger partial charge in [0.25, 0.3) is 0 Å². The number of aromatic hydroxyl groups is 4. The summed E-state index contributed by atoms with van der Waals surface area (Å²) in [6.45, 7) is -1.36. The fraction of sp³-hybridized carbons (Fsp3) is 0.0800. The molecule has 4 aromatic rings. The zero-order valence-corrected chi connectivity index (χ0v) is 19.2. The number of hydrogen-bond acceptors (Lipinski definition) is 12. The Kier molecular flexibility index (Phi) is 7.10. The van der Waals surface area contributed by atoms with Crippen LogP contribution in [0.15, 0.2) is 54.6 Å². The number of carbonyl (C=O) groups excluding carboxylic acids is 1. The summed E-state index contributed by atoms with van der Waals surface area (Å²) in [6.07, 6.45) is 0. The van der Waals surface area contributed by atoms with Crippen molar-refractivity contribution in [1.29, 1.82) is 0 Å². The Morgan fingerprint density at radius 1 is 0.658 bits per heavy atom. The zero-order chi connectivity index (χ0) is 27.4. The summed E-state index contributed by atoms with van der Waals surface area (Å²) in [7, 11) is 0. The lowest BCUT2D eigenvalue weighted by molar-refractivity contribution is -0.307. The van der Waals surface area contributed by atoms with Gasteiger partial charge in [-0.25, -0.2) is 19.7 Å². The molecular weight excluding hydrogens is 502 g/mol. The lowest BCUT2D eigenvalue weighted by Crippen LogP contribution is -2.28. The van der Waals surface area contributed by atoms with Gasteiger partial charge in [-0.15, -0.1) is 0 Å². The number of rotatable bonds is 9. The fourth-order valence-electron chi connectivity index (χ4n) is 3.31. The van der Waals surface area contributed by atoms with Gasteiger partial charge in [0.2, 0.25) is 0 Å². The Bertz CT molecular complexity index is 1450. The van der Waals surface area contributed by atoms with E-state index in [0.717, 1.165) is 12.1 Å². The van der Waals surface area contributed by atoms with Crippen LogP contribution in [0.4, 0.5) is 0 Å². The van der Waals surface area contributed by atoms with Crippen LogP contribution >= 0.6 is 0 Å². The predicted octanol–water partition coefficient (Wildman–Crippen LogP) is 1.29. The summed E-state index contributed by atoms with van der Waals surface area (Å²) in [5.74, 6) is -4.10. The molecule has 1 aromatic heterocycles. The van der Waals surface area contributed by atoms with Gasteiger partial charge in [-0.2, -0.15) is 0 Å². The van der Waals surface area contributed by atoms with E-state index in [4.69, 9.17) is 14.6 Å². The van der Waals surface area contributed by atoms with Crippen LogP contribution in [0.1, 0.15) is 0 Å². The summed E-state index contributed by atoms with van der Waals surface area (Å²) in [6, 6.07) is 11.5. The minimum Gasteiger partial charge on any atom is -0.546 e. The van der Waals surface area contributed by atoms with Gasteiger partial charge < -0.3 is 44.9 Å². The highest BCUT2D eigenvalue weighted by atomic mass is 16.5. The Morgan fingerprint density at radius 3 is 1.47 bits per heavy atom. The maximum Gasteiger partial charge on any atom is 0.341 e. The molecule has 0 aliphatic rings. The molecule has 0 unspecified atom stereocenters. The highest BCUT2D eigenvalue weighted by Gasteiger charge is 2.19. The lowest BCUT2D eigenvalue weighted by atomic mass is 10.1. The molecule has 0 spiro atoms. The standard InChI is InChI=1S/C25H19N3O10/c29-12-1-4-15(18(30)7-12)23-26-24(16-5-2-13(8-19(16)31)37-10-21(33)34)28-25(27-23)17-6-3-14(9-20(17)32)38-11-22(35)36/h1-9,29-32H,10-11H2,(H,33,34)(H,35,36)/p-1. The molecule has 4 rings (SSSR count). The molecule has 0 bridgehead atoms. The molecule has 5 N–H and O–H groups in total. The van der Waals surface area contributed by atoms with Gasteiger partial charge >= 0.3 is 5.97 Å². The average molecular weight is 520 g/mol. The van der Waals surface area contributed by atoms with Crippen LogP contribution in [0.25, 0.3) is 34.2 Å². The van der Waals surface area contributed by atoms with Crippen molar-refractivity contribution >= 4 is 11.9 Å². The number of phenolic OH excluding ortho intramolecular Hbond substituents is 4. The molecule has 38 heavy (non-hydrogen) atoms. The Labute approximate surface area is 213 Å². The third-order valence-corrected chi connectivity index (χ3v) is 5.00. The Hall–Kier alpha value is -5.59. The van der Waals surface area contributed by atoms with Gasteiger partial charge in [0, 0.05) is 18.2 Å². The highest BCUT2D eigenvalue weighted by molar-refractivity contribution is 5.75. The first-order chi connectivity index (χ1) is 18.1. The van der Waals surface area contributed by atoms with Gasteiger partial charge in [-0.05, 0) is 36.4 Å². The molecular formula is C25H18N3O10-. The van der Waals surface area contributed by atoms with Crippen LogP contribution in [0.5, 0.6) is 34.5 Å². The molecule has 0 saturated heterocycles. The molecule has 0 radical (unpaired) electrons. The third kappa shape index (κ3) is 5.79. The van der Waals surface area contributed by atoms with E-state index in [9.17, 15) is 35.1 Å². The number of nitrogens with zero attached hydrogens (tertiary/aromatic N) is 3. The number of ether oxygens (including phenoxy) is 2. The number of carboxylic acid groups (broad SMARTS) is 2. The number of carbonyl (C=O) groups is 2. The van der Waals surface area contributed by atoms with Crippen molar-refractivity contribution in [1.82, 2.24) is 15.0 Å². The monoisotopic (exact) mass is 520 g/mol. The lowest BCUT2D eigenvalue weighted by Gasteiger charge is -2.12. The van der Waals surface area contributed by atoms with Crippen LogP contribution in [0.2, 0.25) is 0 Å². The first-order valence-electron chi connectivity index (χ1n) is 10.7. The van der Waals surface area contributed by atoms with Gasteiger partial charge in [-0.3, -0.25) is 0 Å². The second-order valence-electron chi connectivity index (χ2n) is 7.71. The van der Waals surface area contributed by atoms with Crippen LogP contribution < -0.4 is 14.6 Å². The van der Waals surface area contributed by atoms with Crippen molar-refractivity contribution in [2.75, 3.05) is 13.2 Å². The molecule has 0 atom stereocenters. The molecule has 0 aliphatic carbocycles. The highest BCUT2D eigenvalue weighted by Crippen LogP contribution is 2.37. The topological polar surface area (TPSA) is 215 Å². The van der Waals surface area contributed by atoms with E-state index in [-0.39, 0.29) is 68.7 Å². The first-order valence-corrected chi connectivity index (χ1v) is 10.7. The minimum absolute atomic E-state index is 0.0377. The van der Waals surface area contributed by atoms with Crippen molar-refractivity contribution in [3.63, 3.8) is 0 Å². The number of phenols is 4. The number of carboxylic acids is 2. The molecule has 0 amide bonds. The van der Waals surface area contributed by atoms with Crippen molar-refractivity contribution in [2.45, 2.75) is 0 Å². The van der Waals surface area contributed by atoms with Crippen molar-refractivity contribution < 1.29 is 49.7 Å². The average Bonchev–Trinajstić information content (AvgIpc) is 2.86. The van der Waals surface area contributed by atoms with E-state index in [2.05, 4.69) is 15.0 Å². The van der Waals surface area contributed by atoms with Crippen LogP contribution in [-0.4, -0.2) is 65.6 Å². The molecule has 0 saturated carbocycles. The number of aliphatic carboxylic acids is 2. The van der Waals surface area contributed by atoms with Gasteiger partial charge in [-0.1, -0.05) is 0 Å². The third-order valence-electron chi connectivity index (χ3n) is 5.00. The van der Waals surface area contributed by atoms with E-state index in [0.29, 0.717) is 0 Å². The molecule has 13 heteroatoms. The van der Waals surface area contributed by atoms with Crippen molar-refractivity contribution in [3.05, 3.63) is 54.6 Å². The van der Waals surface area contributed by atoms with E-state index in [1.54, 1.807) is 0 Å². The number of aromatic nitrogens is 3. The zero-order valence-electron chi connectivity index (χ0n) is 19.2. The van der Waals surface area contributed by atoms with E-state index in [1.807, 2.05) is 0 Å². The van der Waals surface area contributed by atoms with Gasteiger partial charge in [0.1, 0.15) is 41.1 Å². The summed E-state index contributed by atoms with van der Waals surface area (Å²) in [5.41, 5.74) is 0.265. The van der Waals surface area contributed by atoms with E-state index in [1.165, 1.54) is 42.5 Å². The second kappa shape index (κ2) is 10.6. The number of benzene rings is 3. The molecule has 194 valence electrons. The molecule has 1 heterocycles. The maximum absolute atomic E-state index is 10.7. The smallest absolute Gasteiger partial charge is 0.341 e. The second-order valence-corrected chi connectivity index (χ2v) is 7.71. The fourth-order valence-corrected chi connectivity index (χ4v) is 3.31. The van der Waals surface area contributed by atoms with E-state index >= 15 is 0 Å². The van der Waals surface area contributed by atoms with Gasteiger partial charge in [0.05, 0.1) is 22.7 Å². The predicted molar refractivity (Wildman–Crippen MR) is 126 cm³/mol. The van der Waals surface area contributed by atoms with Crippen LogP contribution in [0.3, 0.4) is 0 Å². The first kappa shape index (κ1) is 25.5. The summed E-state index contributed by atoms with van der Waals surface area (Å²) in [5, 5.41) is 60.6. The number of hydrogen-bond donors (Lipinski definition) is 5. The molecule has 3 aromatic carbocycles. The summed E-state index contributed by atoms with van der Waals surface area (Å²) < 4.78 is 10.1. The molecule has 0 fully saturated rings. The Balaban J connectivity index is 1.82. The van der Waals surface area contributed by atoms with Gasteiger partial charge in [0.15, 0.2) is 24.1 Å². The summed E-state index contributed by atoms with van der Waals surface area (Å²) in [4.78, 5) is 34.3. The minimum atomic E-state index is -1.45. The van der Waals surface area contributed by atoms with E-state index < -0.39 is 25.2 Å². The molecule has 13 nitrogen and oxygen atoms in total. The largest absolute Gasteiger partial charge is 0.546 e. The summed E-state index contributed by atoms with van der Waals surface area (Å²) >= 11 is 0. The maximum atomic E-state index is 10.7. The van der Waals surface area contributed by atoms with Crippen molar-refractivity contribution in [3.8, 4) is 68.7 Å². The van der Waals surface area contributed by atoms with Crippen LogP contribution in [0, 0.1) is 0 Å². The van der Waals surface area contributed by atoms with Crippen molar-refractivity contribution in [2.24, 2.45) is 0 Å². The quantitative estimate of drug-likeness (QED) is 0.210. The Morgan fingerprint density at radius 2 is 1.08 bits per heavy atom. The normalized spacial score (nSPS) is 10.6. The SMILES string of the molecule is O=C([O-])COc1ccc(-c2nc(-c3ccc(O)cc3O)nc(-c3ccc(OCC(=O)O)cc3O)n2)c(O)c1. The van der Waals surface area contributed by atoms with Crippen LogP contribution in [-0.2, 0) is 9.59 Å². The molecule has 0 aliphatic heterocycles.